The van der Waals surface area contributed by atoms with Crippen LogP contribution in [-0.2, 0) is 9.84 Å². The lowest BCUT2D eigenvalue weighted by Crippen LogP contribution is -2.03. The number of nitrogens with zero attached hydrogens (tertiary/aromatic N) is 1. The van der Waals surface area contributed by atoms with Crippen molar-refractivity contribution in [1.29, 1.82) is 0 Å². The van der Waals surface area contributed by atoms with Crippen molar-refractivity contribution in [2.75, 3.05) is 11.5 Å². The highest BCUT2D eigenvalue weighted by atomic mass is 79.9. The first kappa shape index (κ1) is 13.3. The third kappa shape index (κ3) is 2.90. The van der Waals surface area contributed by atoms with Gasteiger partial charge in [-0.25, -0.2) is 13.4 Å². The van der Waals surface area contributed by atoms with Crippen molar-refractivity contribution in [2.45, 2.75) is 12.3 Å². The van der Waals surface area contributed by atoms with E-state index in [0.717, 1.165) is 20.7 Å². The number of hydrogen-bond donors (Lipinski definition) is 0. The van der Waals surface area contributed by atoms with Gasteiger partial charge in [-0.05, 0) is 18.6 Å². The van der Waals surface area contributed by atoms with Crippen LogP contribution in [0, 0.1) is 0 Å². The summed E-state index contributed by atoms with van der Waals surface area (Å²) in [6, 6.07) is 7.97. The average molecular weight is 358 g/mol. The predicted octanol–water partition coefficient (Wildman–Crippen LogP) is 3.47. The van der Waals surface area contributed by atoms with Gasteiger partial charge >= 0.3 is 0 Å². The Balaban J connectivity index is 1.88. The van der Waals surface area contributed by atoms with E-state index >= 15 is 0 Å². The molecule has 100 valence electrons. The summed E-state index contributed by atoms with van der Waals surface area (Å²) in [5.41, 5.74) is 1.98. The SMILES string of the molecule is O=S1(=O)CCC(c2nc(-c3cccc(Br)c3)cs2)C1. The largest absolute Gasteiger partial charge is 0.241 e. The third-order valence-corrected chi connectivity index (χ3v) is 6.49. The lowest BCUT2D eigenvalue weighted by atomic mass is 10.1. The molecule has 3 nitrogen and oxygen atoms in total. The van der Waals surface area contributed by atoms with E-state index in [-0.39, 0.29) is 11.7 Å². The molecular formula is C13H12BrNO2S2. The first-order valence-electron chi connectivity index (χ1n) is 5.95. The van der Waals surface area contributed by atoms with Crippen LogP contribution in [0.3, 0.4) is 0 Å². The summed E-state index contributed by atoms with van der Waals surface area (Å²) in [6.07, 6.45) is 0.702. The molecule has 1 aliphatic heterocycles. The van der Waals surface area contributed by atoms with Crippen molar-refractivity contribution in [3.8, 4) is 11.3 Å². The second-order valence-electron chi connectivity index (χ2n) is 4.68. The number of sulfone groups is 1. The second kappa shape index (κ2) is 5.00. The Morgan fingerprint density at radius 2 is 2.21 bits per heavy atom. The van der Waals surface area contributed by atoms with Gasteiger partial charge in [0.2, 0.25) is 0 Å². The number of aromatic nitrogens is 1. The van der Waals surface area contributed by atoms with Gasteiger partial charge in [0, 0.05) is 21.3 Å². The van der Waals surface area contributed by atoms with Gasteiger partial charge in [-0.1, -0.05) is 28.1 Å². The molecule has 0 N–H and O–H groups in total. The molecule has 1 aliphatic rings. The molecular weight excluding hydrogens is 346 g/mol. The van der Waals surface area contributed by atoms with Crippen molar-refractivity contribution >= 4 is 37.1 Å². The van der Waals surface area contributed by atoms with Gasteiger partial charge in [0.05, 0.1) is 22.2 Å². The molecule has 2 heterocycles. The van der Waals surface area contributed by atoms with E-state index in [9.17, 15) is 8.42 Å². The van der Waals surface area contributed by atoms with Crippen molar-refractivity contribution in [3.63, 3.8) is 0 Å². The average Bonchev–Trinajstić information content (AvgIpc) is 2.95. The Morgan fingerprint density at radius 3 is 2.89 bits per heavy atom. The van der Waals surface area contributed by atoms with E-state index in [4.69, 9.17) is 0 Å². The van der Waals surface area contributed by atoms with E-state index in [2.05, 4.69) is 20.9 Å². The summed E-state index contributed by atoms with van der Waals surface area (Å²) in [5, 5.41) is 2.94. The van der Waals surface area contributed by atoms with Crippen molar-refractivity contribution in [2.24, 2.45) is 0 Å². The fraction of sp³-hybridized carbons (Fsp3) is 0.308. The van der Waals surface area contributed by atoms with Gasteiger partial charge in [-0.3, -0.25) is 0 Å². The molecule has 0 aliphatic carbocycles. The van der Waals surface area contributed by atoms with Crippen LogP contribution >= 0.6 is 27.3 Å². The van der Waals surface area contributed by atoms with Gasteiger partial charge in [-0.15, -0.1) is 11.3 Å². The highest BCUT2D eigenvalue weighted by Crippen LogP contribution is 2.33. The summed E-state index contributed by atoms with van der Waals surface area (Å²) in [5.74, 6) is 0.623. The summed E-state index contributed by atoms with van der Waals surface area (Å²) >= 11 is 5.00. The minimum atomic E-state index is -2.85. The molecule has 0 spiro atoms. The molecule has 19 heavy (non-hydrogen) atoms. The molecule has 0 amide bonds. The molecule has 1 atom stereocenters. The van der Waals surface area contributed by atoms with Crippen LogP contribution in [0.1, 0.15) is 17.3 Å². The molecule has 0 radical (unpaired) electrons. The van der Waals surface area contributed by atoms with E-state index in [0.29, 0.717) is 12.2 Å². The fourth-order valence-electron chi connectivity index (χ4n) is 2.25. The smallest absolute Gasteiger partial charge is 0.151 e. The van der Waals surface area contributed by atoms with Crippen LogP contribution in [-0.4, -0.2) is 24.9 Å². The monoisotopic (exact) mass is 357 g/mol. The minimum absolute atomic E-state index is 0.0795. The Bertz CT molecular complexity index is 709. The van der Waals surface area contributed by atoms with E-state index < -0.39 is 9.84 Å². The van der Waals surface area contributed by atoms with Gasteiger partial charge in [-0.2, -0.15) is 0 Å². The molecule has 2 aromatic rings. The van der Waals surface area contributed by atoms with Gasteiger partial charge in [0.1, 0.15) is 0 Å². The van der Waals surface area contributed by atoms with Crippen molar-refractivity contribution in [1.82, 2.24) is 4.98 Å². The number of benzene rings is 1. The maximum absolute atomic E-state index is 11.5. The molecule has 1 aromatic carbocycles. The molecule has 6 heteroatoms. The molecule has 0 saturated carbocycles. The maximum atomic E-state index is 11.5. The summed E-state index contributed by atoms with van der Waals surface area (Å²) in [7, 11) is -2.85. The Kier molecular flexibility index (Phi) is 3.49. The lowest BCUT2D eigenvalue weighted by Gasteiger charge is -2.01. The van der Waals surface area contributed by atoms with Crippen LogP contribution in [0.2, 0.25) is 0 Å². The maximum Gasteiger partial charge on any atom is 0.151 e. The van der Waals surface area contributed by atoms with Crippen LogP contribution in [0.25, 0.3) is 11.3 Å². The Morgan fingerprint density at radius 1 is 1.37 bits per heavy atom. The van der Waals surface area contributed by atoms with Gasteiger partial charge in [0.15, 0.2) is 9.84 Å². The third-order valence-electron chi connectivity index (χ3n) is 3.22. The molecule has 0 bridgehead atoms. The predicted molar refractivity (Wildman–Crippen MR) is 81.3 cm³/mol. The number of rotatable bonds is 2. The number of halogens is 1. The zero-order valence-electron chi connectivity index (χ0n) is 10.0. The first-order chi connectivity index (χ1) is 9.03. The van der Waals surface area contributed by atoms with Crippen molar-refractivity contribution < 1.29 is 8.42 Å². The summed E-state index contributed by atoms with van der Waals surface area (Å²) in [6.45, 7) is 0. The topological polar surface area (TPSA) is 47.0 Å². The quantitative estimate of drug-likeness (QED) is 0.826. The number of hydrogen-bond acceptors (Lipinski definition) is 4. The van der Waals surface area contributed by atoms with Gasteiger partial charge in [0.25, 0.3) is 0 Å². The van der Waals surface area contributed by atoms with E-state index in [1.54, 1.807) is 11.3 Å². The Labute approximate surface area is 124 Å². The Hall–Kier alpha value is -0.720. The fourth-order valence-corrected chi connectivity index (χ4v) is 5.46. The van der Waals surface area contributed by atoms with E-state index in [1.165, 1.54) is 0 Å². The van der Waals surface area contributed by atoms with Crippen LogP contribution in [0.5, 0.6) is 0 Å². The zero-order chi connectivity index (χ0) is 13.5. The number of thiazole rings is 1. The minimum Gasteiger partial charge on any atom is -0.241 e. The standard InChI is InChI=1S/C13H12BrNO2S2/c14-11-3-1-2-9(6-11)12-7-18-13(15-12)10-4-5-19(16,17)8-10/h1-3,6-7,10H,4-5,8H2. The summed E-state index contributed by atoms with van der Waals surface area (Å²) < 4.78 is 24.0. The molecule has 1 fully saturated rings. The highest BCUT2D eigenvalue weighted by molar-refractivity contribution is 9.10. The lowest BCUT2D eigenvalue weighted by molar-refractivity contribution is 0.601. The molecule has 1 saturated heterocycles. The molecule has 1 aromatic heterocycles. The summed E-state index contributed by atoms with van der Waals surface area (Å²) in [4.78, 5) is 4.60. The van der Waals surface area contributed by atoms with E-state index in [1.807, 2.05) is 29.6 Å². The second-order valence-corrected chi connectivity index (χ2v) is 8.72. The van der Waals surface area contributed by atoms with Crippen molar-refractivity contribution in [3.05, 3.63) is 39.1 Å². The molecule has 1 unspecified atom stereocenters. The molecule has 3 rings (SSSR count). The van der Waals surface area contributed by atoms with Crippen LogP contribution in [0.4, 0.5) is 0 Å². The normalized spacial score (nSPS) is 21.6. The van der Waals surface area contributed by atoms with Crippen LogP contribution in [0.15, 0.2) is 34.1 Å². The zero-order valence-corrected chi connectivity index (χ0v) is 13.3. The van der Waals surface area contributed by atoms with Crippen LogP contribution < -0.4 is 0 Å². The van der Waals surface area contributed by atoms with Gasteiger partial charge < -0.3 is 0 Å². The highest BCUT2D eigenvalue weighted by Gasteiger charge is 2.30. The first-order valence-corrected chi connectivity index (χ1v) is 9.45.